The summed E-state index contributed by atoms with van der Waals surface area (Å²) in [6.45, 7) is 0. The minimum Gasteiger partial charge on any atom is -0.406 e. The maximum atomic E-state index is 12.2. The van der Waals surface area contributed by atoms with Gasteiger partial charge in [-0.3, -0.25) is 0 Å². The summed E-state index contributed by atoms with van der Waals surface area (Å²) >= 11 is 0. The van der Waals surface area contributed by atoms with Gasteiger partial charge in [0.1, 0.15) is 17.3 Å². The molecule has 23 heavy (non-hydrogen) atoms. The van der Waals surface area contributed by atoms with Gasteiger partial charge in [-0.05, 0) is 24.3 Å². The lowest BCUT2D eigenvalue weighted by molar-refractivity contribution is -0.274. The van der Waals surface area contributed by atoms with Crippen LogP contribution in [0.4, 0.5) is 13.2 Å². The number of nitrogens with zero attached hydrogens (tertiary/aromatic N) is 5. The van der Waals surface area contributed by atoms with Crippen LogP contribution in [-0.2, 0) is 7.05 Å². The molecule has 9 heteroatoms. The summed E-state index contributed by atoms with van der Waals surface area (Å²) < 4.78 is 41.9. The molecule has 0 spiro atoms. The lowest BCUT2D eigenvalue weighted by Gasteiger charge is -2.09. The van der Waals surface area contributed by atoms with Crippen molar-refractivity contribution in [3.63, 3.8) is 0 Å². The first-order valence-corrected chi connectivity index (χ1v) is 6.33. The molecule has 6 nitrogen and oxygen atoms in total. The number of ether oxygens (including phenoxy) is 1. The molecule has 3 rings (SSSR count). The Labute approximate surface area is 127 Å². The van der Waals surface area contributed by atoms with Crippen molar-refractivity contribution in [1.82, 2.24) is 19.5 Å². The first-order valence-electron chi connectivity index (χ1n) is 6.33. The van der Waals surface area contributed by atoms with Crippen LogP contribution in [0.5, 0.6) is 5.75 Å². The molecular formula is C14H8F3N5O. The fourth-order valence-corrected chi connectivity index (χ4v) is 2.02. The average Bonchev–Trinajstić information content (AvgIpc) is 2.87. The topological polar surface area (TPSA) is 76.6 Å². The van der Waals surface area contributed by atoms with E-state index in [4.69, 9.17) is 5.26 Å². The second-order valence-electron chi connectivity index (χ2n) is 4.61. The second-order valence-corrected chi connectivity index (χ2v) is 4.61. The first kappa shape index (κ1) is 14.8. The van der Waals surface area contributed by atoms with E-state index in [2.05, 4.69) is 19.7 Å². The predicted molar refractivity (Wildman–Crippen MR) is 73.1 cm³/mol. The van der Waals surface area contributed by atoms with Crippen LogP contribution in [0.15, 0.2) is 30.6 Å². The molecular weight excluding hydrogens is 311 g/mol. The molecule has 0 aliphatic rings. The minimum atomic E-state index is -4.75. The van der Waals surface area contributed by atoms with Crippen LogP contribution in [0, 0.1) is 11.3 Å². The Balaban J connectivity index is 2.03. The van der Waals surface area contributed by atoms with Crippen molar-refractivity contribution < 1.29 is 17.9 Å². The third kappa shape index (κ3) is 2.91. The van der Waals surface area contributed by atoms with Gasteiger partial charge in [-0.15, -0.1) is 13.2 Å². The molecule has 2 aromatic heterocycles. The predicted octanol–water partition coefficient (Wildman–Crippen LogP) is 2.80. The van der Waals surface area contributed by atoms with Gasteiger partial charge in [0.05, 0.1) is 6.33 Å². The van der Waals surface area contributed by atoms with Gasteiger partial charge in [-0.1, -0.05) is 0 Å². The summed E-state index contributed by atoms with van der Waals surface area (Å²) in [7, 11) is 1.72. The highest BCUT2D eigenvalue weighted by Crippen LogP contribution is 2.26. The Bertz CT molecular complexity index is 909. The number of aryl methyl sites for hydroxylation is 1. The number of nitriles is 1. The van der Waals surface area contributed by atoms with E-state index in [1.165, 1.54) is 18.5 Å². The Kier molecular flexibility index (Phi) is 3.37. The number of fused-ring (bicyclic) bond motifs is 1. The van der Waals surface area contributed by atoms with Crippen molar-refractivity contribution in [3.05, 3.63) is 36.3 Å². The van der Waals surface area contributed by atoms with Crippen LogP contribution in [0.1, 0.15) is 5.69 Å². The van der Waals surface area contributed by atoms with E-state index in [-0.39, 0.29) is 17.3 Å². The molecule has 0 saturated heterocycles. The first-order chi connectivity index (χ1) is 10.9. The molecule has 0 atom stereocenters. The van der Waals surface area contributed by atoms with E-state index in [0.29, 0.717) is 16.7 Å². The normalized spacial score (nSPS) is 11.4. The van der Waals surface area contributed by atoms with Crippen LogP contribution in [0.3, 0.4) is 0 Å². The Morgan fingerprint density at radius 1 is 1.17 bits per heavy atom. The third-order valence-electron chi connectivity index (χ3n) is 3.01. The van der Waals surface area contributed by atoms with Gasteiger partial charge in [0.15, 0.2) is 17.2 Å². The van der Waals surface area contributed by atoms with Gasteiger partial charge in [-0.2, -0.15) is 5.26 Å². The molecule has 0 unspecified atom stereocenters. The average molecular weight is 319 g/mol. The monoisotopic (exact) mass is 319 g/mol. The molecule has 1 aromatic carbocycles. The number of benzene rings is 1. The summed E-state index contributed by atoms with van der Waals surface area (Å²) in [6.07, 6.45) is -3.25. The zero-order valence-electron chi connectivity index (χ0n) is 11.7. The number of aromatic nitrogens is 4. The highest BCUT2D eigenvalue weighted by Gasteiger charge is 2.31. The van der Waals surface area contributed by atoms with Gasteiger partial charge in [0.2, 0.25) is 0 Å². The van der Waals surface area contributed by atoms with Crippen molar-refractivity contribution >= 4 is 11.2 Å². The van der Waals surface area contributed by atoms with E-state index in [9.17, 15) is 13.2 Å². The van der Waals surface area contributed by atoms with Gasteiger partial charge in [0, 0.05) is 12.6 Å². The number of hydrogen-bond donors (Lipinski definition) is 0. The highest BCUT2D eigenvalue weighted by molar-refractivity contribution is 5.78. The fraction of sp³-hybridized carbons (Fsp3) is 0.143. The van der Waals surface area contributed by atoms with E-state index in [1.54, 1.807) is 11.6 Å². The van der Waals surface area contributed by atoms with Crippen LogP contribution in [0.2, 0.25) is 0 Å². The van der Waals surface area contributed by atoms with Gasteiger partial charge in [0.25, 0.3) is 0 Å². The van der Waals surface area contributed by atoms with Crippen molar-refractivity contribution in [2.24, 2.45) is 7.05 Å². The van der Waals surface area contributed by atoms with Crippen LogP contribution < -0.4 is 4.74 Å². The maximum absolute atomic E-state index is 12.2. The smallest absolute Gasteiger partial charge is 0.406 e. The van der Waals surface area contributed by atoms with Crippen LogP contribution in [0.25, 0.3) is 22.6 Å². The van der Waals surface area contributed by atoms with E-state index in [0.717, 1.165) is 12.1 Å². The third-order valence-corrected chi connectivity index (χ3v) is 3.01. The van der Waals surface area contributed by atoms with Crippen LogP contribution in [-0.4, -0.2) is 25.9 Å². The largest absolute Gasteiger partial charge is 0.573 e. The SMILES string of the molecule is Cn1cnc2c(C#N)nc(-c3ccc(OC(F)(F)F)cc3)nc21. The van der Waals surface area contributed by atoms with Gasteiger partial charge >= 0.3 is 6.36 Å². The molecule has 0 saturated carbocycles. The standard InChI is InChI=1S/C14H8F3N5O/c1-22-7-19-11-10(6-18)20-12(21-13(11)22)8-2-4-9(5-3-8)23-14(15,16)17/h2-5,7H,1H3. The molecule has 116 valence electrons. The van der Waals surface area contributed by atoms with E-state index >= 15 is 0 Å². The number of rotatable bonds is 2. The summed E-state index contributed by atoms with van der Waals surface area (Å²) in [4.78, 5) is 12.4. The zero-order chi connectivity index (χ0) is 16.6. The molecule has 0 aliphatic carbocycles. The van der Waals surface area contributed by atoms with Crippen molar-refractivity contribution in [3.8, 4) is 23.2 Å². The van der Waals surface area contributed by atoms with Crippen molar-refractivity contribution in [2.45, 2.75) is 6.36 Å². The molecule has 0 fully saturated rings. The second kappa shape index (κ2) is 5.24. The Morgan fingerprint density at radius 2 is 1.87 bits per heavy atom. The number of halogens is 3. The van der Waals surface area contributed by atoms with Gasteiger partial charge in [-0.25, -0.2) is 15.0 Å². The summed E-state index contributed by atoms with van der Waals surface area (Å²) in [5.41, 5.74) is 1.39. The molecule has 0 N–H and O–H groups in total. The maximum Gasteiger partial charge on any atom is 0.573 e. The summed E-state index contributed by atoms with van der Waals surface area (Å²) in [5.74, 6) is -0.125. The number of hydrogen-bond acceptors (Lipinski definition) is 5. The lowest BCUT2D eigenvalue weighted by Crippen LogP contribution is -2.16. The Hall–Kier alpha value is -3.15. The lowest BCUT2D eigenvalue weighted by atomic mass is 10.2. The summed E-state index contributed by atoms with van der Waals surface area (Å²) in [6, 6.07) is 7.03. The van der Waals surface area contributed by atoms with E-state index in [1.807, 2.05) is 6.07 Å². The fourth-order valence-electron chi connectivity index (χ4n) is 2.02. The minimum absolute atomic E-state index is 0.0984. The number of imidazole rings is 1. The highest BCUT2D eigenvalue weighted by atomic mass is 19.4. The quantitative estimate of drug-likeness (QED) is 0.726. The van der Waals surface area contributed by atoms with E-state index < -0.39 is 6.36 Å². The summed E-state index contributed by atoms with van der Waals surface area (Å²) in [5, 5.41) is 9.15. The van der Waals surface area contributed by atoms with Crippen LogP contribution >= 0.6 is 0 Å². The molecule has 0 bridgehead atoms. The Morgan fingerprint density at radius 3 is 2.48 bits per heavy atom. The van der Waals surface area contributed by atoms with Gasteiger partial charge < -0.3 is 9.30 Å². The molecule has 3 aromatic rings. The zero-order valence-corrected chi connectivity index (χ0v) is 11.7. The molecule has 0 aliphatic heterocycles. The molecule has 0 amide bonds. The molecule has 0 radical (unpaired) electrons. The van der Waals surface area contributed by atoms with Crippen molar-refractivity contribution in [1.29, 1.82) is 5.26 Å². The van der Waals surface area contributed by atoms with Crippen molar-refractivity contribution in [2.75, 3.05) is 0 Å². The number of alkyl halides is 3. The molecule has 2 heterocycles.